The van der Waals surface area contributed by atoms with Gasteiger partial charge in [-0.25, -0.2) is 0 Å². The van der Waals surface area contributed by atoms with Crippen LogP contribution in [-0.4, -0.2) is 34.5 Å². The quantitative estimate of drug-likeness (QED) is 0.334. The zero-order valence-electron chi connectivity index (χ0n) is 16.3. The number of H-pyrrole nitrogens is 1. The molecule has 0 atom stereocenters. The van der Waals surface area contributed by atoms with Crippen LogP contribution < -0.4 is 10.6 Å². The van der Waals surface area contributed by atoms with Crippen molar-refractivity contribution in [2.24, 2.45) is 0 Å². The molecular formula is C21H20N6O3. The van der Waals surface area contributed by atoms with Gasteiger partial charge < -0.3 is 10.6 Å². The van der Waals surface area contributed by atoms with Gasteiger partial charge in [0.1, 0.15) is 17.3 Å². The average Bonchev–Trinajstić information content (AvgIpc) is 3.12. The fourth-order valence-corrected chi connectivity index (χ4v) is 3.20. The Morgan fingerprint density at radius 1 is 1.27 bits per heavy atom. The van der Waals surface area contributed by atoms with E-state index in [1.165, 1.54) is 6.07 Å². The van der Waals surface area contributed by atoms with Crippen molar-refractivity contribution < 1.29 is 9.72 Å². The molecular weight excluding hydrogens is 384 g/mol. The van der Waals surface area contributed by atoms with Crippen LogP contribution in [0.4, 0.5) is 17.2 Å². The summed E-state index contributed by atoms with van der Waals surface area (Å²) >= 11 is 0. The van der Waals surface area contributed by atoms with Crippen LogP contribution in [0.2, 0.25) is 0 Å². The number of anilines is 2. The summed E-state index contributed by atoms with van der Waals surface area (Å²) in [4.78, 5) is 25.5. The lowest BCUT2D eigenvalue weighted by Crippen LogP contribution is -2.20. The molecule has 0 saturated heterocycles. The number of nitriles is 1. The monoisotopic (exact) mass is 404 g/mol. The van der Waals surface area contributed by atoms with Crippen LogP contribution in [-0.2, 0) is 6.42 Å². The van der Waals surface area contributed by atoms with Gasteiger partial charge in [-0.2, -0.15) is 10.4 Å². The number of nitrogens with one attached hydrogen (secondary N) is 1. The zero-order chi connectivity index (χ0) is 21.7. The van der Waals surface area contributed by atoms with Gasteiger partial charge in [-0.1, -0.05) is 30.3 Å². The predicted molar refractivity (Wildman–Crippen MR) is 112 cm³/mol. The van der Waals surface area contributed by atoms with Crippen molar-refractivity contribution in [1.29, 1.82) is 5.26 Å². The summed E-state index contributed by atoms with van der Waals surface area (Å²) in [6, 6.07) is 15.1. The molecule has 0 fully saturated rings. The molecule has 1 heterocycles. The van der Waals surface area contributed by atoms with Crippen LogP contribution in [0.5, 0.6) is 0 Å². The molecule has 3 N–H and O–H groups in total. The van der Waals surface area contributed by atoms with Gasteiger partial charge in [0.25, 0.3) is 5.69 Å². The maximum atomic E-state index is 12.6. The van der Waals surface area contributed by atoms with E-state index in [2.05, 4.69) is 10.2 Å². The number of carbonyl (C=O) groups excluding carboxylic acids is 1. The lowest BCUT2D eigenvalue weighted by atomic mass is 10.0. The number of nitrogens with two attached hydrogens (primary N) is 1. The molecule has 9 nitrogen and oxygen atoms in total. The van der Waals surface area contributed by atoms with E-state index in [0.29, 0.717) is 41.9 Å². The number of carbonyl (C=O) groups is 1. The van der Waals surface area contributed by atoms with E-state index in [9.17, 15) is 14.9 Å². The third kappa shape index (κ3) is 4.28. The highest BCUT2D eigenvalue weighted by molar-refractivity contribution is 6.09. The minimum absolute atomic E-state index is 0.136. The molecule has 152 valence electrons. The first-order valence-corrected chi connectivity index (χ1v) is 9.24. The summed E-state index contributed by atoms with van der Waals surface area (Å²) in [6.45, 7) is 0.497. The Balaban J connectivity index is 1.75. The average molecular weight is 404 g/mol. The van der Waals surface area contributed by atoms with E-state index < -0.39 is 4.92 Å². The van der Waals surface area contributed by atoms with Crippen LogP contribution in [0.3, 0.4) is 0 Å². The molecule has 2 aromatic carbocycles. The lowest BCUT2D eigenvalue weighted by molar-refractivity contribution is -0.384. The Kier molecular flexibility index (Phi) is 6.08. The van der Waals surface area contributed by atoms with E-state index in [-0.39, 0.29) is 22.9 Å². The highest BCUT2D eigenvalue weighted by Gasteiger charge is 2.21. The van der Waals surface area contributed by atoms with Gasteiger partial charge >= 0.3 is 0 Å². The third-order valence-electron chi connectivity index (χ3n) is 4.78. The molecule has 0 unspecified atom stereocenters. The van der Waals surface area contributed by atoms with E-state index >= 15 is 0 Å². The van der Waals surface area contributed by atoms with Gasteiger partial charge in [-0.15, -0.1) is 0 Å². The topological polar surface area (TPSA) is 142 Å². The van der Waals surface area contributed by atoms with Crippen molar-refractivity contribution in [3.63, 3.8) is 0 Å². The molecule has 30 heavy (non-hydrogen) atoms. The molecule has 0 aliphatic rings. The van der Waals surface area contributed by atoms with Gasteiger partial charge in [-0.3, -0.25) is 20.0 Å². The number of aromatic amines is 1. The molecule has 0 spiro atoms. The van der Waals surface area contributed by atoms with Gasteiger partial charge in [0, 0.05) is 30.8 Å². The van der Waals surface area contributed by atoms with Crippen LogP contribution >= 0.6 is 0 Å². The standard InChI is InChI=1S/C21H20N6O3/c1-26(11-5-8-17-16(13-22)21(23)25-24-17)18-10-9-15(12-19(18)27(29)30)20(28)14-6-3-2-4-7-14/h2-4,6-7,9-10,12H,5,8,11H2,1H3,(H3,23,24,25). The summed E-state index contributed by atoms with van der Waals surface area (Å²) < 4.78 is 0. The number of nitro benzene ring substituents is 1. The minimum Gasteiger partial charge on any atom is -0.381 e. The number of rotatable bonds is 8. The summed E-state index contributed by atoms with van der Waals surface area (Å²) in [5.74, 6) is -0.107. The number of ketones is 1. The predicted octanol–water partition coefficient (Wildman–Crippen LogP) is 3.07. The van der Waals surface area contributed by atoms with E-state index in [0.717, 1.165) is 0 Å². The maximum Gasteiger partial charge on any atom is 0.293 e. The van der Waals surface area contributed by atoms with Crippen molar-refractivity contribution in [1.82, 2.24) is 10.2 Å². The largest absolute Gasteiger partial charge is 0.381 e. The second kappa shape index (κ2) is 8.87. The lowest BCUT2D eigenvalue weighted by Gasteiger charge is -2.19. The summed E-state index contributed by atoms with van der Waals surface area (Å²) in [5, 5.41) is 27.3. The van der Waals surface area contributed by atoms with Crippen LogP contribution in [0.1, 0.15) is 33.6 Å². The molecule has 0 amide bonds. The third-order valence-corrected chi connectivity index (χ3v) is 4.78. The second-order valence-corrected chi connectivity index (χ2v) is 6.76. The van der Waals surface area contributed by atoms with E-state index in [1.807, 2.05) is 6.07 Å². The molecule has 3 rings (SSSR count). The number of nitro groups is 1. The molecule has 0 radical (unpaired) electrons. The summed E-state index contributed by atoms with van der Waals surface area (Å²) in [7, 11) is 1.74. The van der Waals surface area contributed by atoms with Crippen molar-refractivity contribution >= 4 is 23.0 Å². The highest BCUT2D eigenvalue weighted by atomic mass is 16.6. The number of hydrogen-bond acceptors (Lipinski definition) is 7. The highest BCUT2D eigenvalue weighted by Crippen LogP contribution is 2.29. The van der Waals surface area contributed by atoms with E-state index in [1.54, 1.807) is 54.4 Å². The minimum atomic E-state index is -0.489. The van der Waals surface area contributed by atoms with Crippen LogP contribution in [0, 0.1) is 21.4 Å². The van der Waals surface area contributed by atoms with E-state index in [4.69, 9.17) is 11.0 Å². The van der Waals surface area contributed by atoms with Crippen molar-refractivity contribution in [3.05, 3.63) is 81.0 Å². The summed E-state index contributed by atoms with van der Waals surface area (Å²) in [6.07, 6.45) is 1.14. The van der Waals surface area contributed by atoms with Crippen molar-refractivity contribution in [2.45, 2.75) is 12.8 Å². The zero-order valence-corrected chi connectivity index (χ0v) is 16.3. The Labute approximate surface area is 172 Å². The Hall–Kier alpha value is -4.19. The Bertz CT molecular complexity index is 1120. The first kappa shape index (κ1) is 20.5. The number of aryl methyl sites for hydroxylation is 1. The van der Waals surface area contributed by atoms with Gasteiger partial charge in [0.15, 0.2) is 11.6 Å². The number of nitrogen functional groups attached to an aromatic ring is 1. The Morgan fingerprint density at radius 3 is 2.67 bits per heavy atom. The SMILES string of the molecule is CN(CCCc1[nH]nc(N)c1C#N)c1ccc(C(=O)c2ccccc2)cc1[N+](=O)[O-]. The second-order valence-electron chi connectivity index (χ2n) is 6.76. The molecule has 9 heteroatoms. The first-order valence-electron chi connectivity index (χ1n) is 9.24. The fourth-order valence-electron chi connectivity index (χ4n) is 3.20. The van der Waals surface area contributed by atoms with Crippen LogP contribution in [0.25, 0.3) is 0 Å². The summed E-state index contributed by atoms with van der Waals surface area (Å²) in [5.41, 5.74) is 7.61. The molecule has 0 bridgehead atoms. The van der Waals surface area contributed by atoms with Gasteiger partial charge in [0.05, 0.1) is 10.6 Å². The normalized spacial score (nSPS) is 10.4. The number of nitrogens with zero attached hydrogens (tertiary/aromatic N) is 4. The molecule has 1 aromatic heterocycles. The van der Waals surface area contributed by atoms with Crippen LogP contribution in [0.15, 0.2) is 48.5 Å². The van der Waals surface area contributed by atoms with Crippen molar-refractivity contribution in [2.75, 3.05) is 24.2 Å². The molecule has 0 aliphatic heterocycles. The van der Waals surface area contributed by atoms with Crippen molar-refractivity contribution in [3.8, 4) is 6.07 Å². The fraction of sp³-hybridized carbons (Fsp3) is 0.190. The first-order chi connectivity index (χ1) is 14.4. The Morgan fingerprint density at radius 2 is 2.00 bits per heavy atom. The maximum absolute atomic E-state index is 12.6. The number of benzene rings is 2. The van der Waals surface area contributed by atoms with Gasteiger partial charge in [0.2, 0.25) is 0 Å². The molecule has 3 aromatic rings. The van der Waals surface area contributed by atoms with Gasteiger partial charge in [-0.05, 0) is 25.0 Å². The molecule has 0 aliphatic carbocycles. The number of hydrogen-bond donors (Lipinski definition) is 2. The number of aromatic nitrogens is 2. The smallest absolute Gasteiger partial charge is 0.293 e. The molecule has 0 saturated carbocycles.